The average Bonchev–Trinajstić information content (AvgIpc) is 3.72. The maximum Gasteiger partial charge on any atom is 0.135 e. The molecule has 186 valence electrons. The highest BCUT2D eigenvalue weighted by Gasteiger charge is 2.15. The van der Waals surface area contributed by atoms with Gasteiger partial charge in [0, 0.05) is 57.9 Å². The van der Waals surface area contributed by atoms with Crippen LogP contribution in [0.25, 0.3) is 22.6 Å². The standard InChI is InChI=1S/C30H28N4OS2/c31-29(33-17-15-21-7-5-19-36-21)25-11-3-1-9-23(25)27-13-14-28(35-27)24-10-2-4-12-26(24)30(32)34-18-16-22-8-6-20-37-22/h1-14,19-20H,15-18H2,(H2,31,33)(H2,32,34). The van der Waals surface area contributed by atoms with Crippen molar-refractivity contribution in [3.8, 4) is 22.6 Å². The Balaban J connectivity index is 1.37. The molecule has 0 aliphatic heterocycles. The van der Waals surface area contributed by atoms with Crippen LogP contribution in [0.15, 0.2) is 110 Å². The number of thiophene rings is 2. The lowest BCUT2D eigenvalue weighted by Crippen LogP contribution is -2.15. The van der Waals surface area contributed by atoms with Crippen LogP contribution in [-0.4, -0.2) is 24.8 Å². The zero-order valence-corrected chi connectivity index (χ0v) is 22.0. The first kappa shape index (κ1) is 24.7. The summed E-state index contributed by atoms with van der Waals surface area (Å²) in [5.41, 5.74) is 16.4. The summed E-state index contributed by atoms with van der Waals surface area (Å²) in [4.78, 5) is 11.9. The Morgan fingerprint density at radius 2 is 1.05 bits per heavy atom. The van der Waals surface area contributed by atoms with Gasteiger partial charge in [-0.2, -0.15) is 0 Å². The summed E-state index contributed by atoms with van der Waals surface area (Å²) < 4.78 is 6.35. The third-order valence-electron chi connectivity index (χ3n) is 5.98. The SMILES string of the molecule is NC(=NCCc1cccs1)c1ccccc1-c1ccc(-c2ccccc2C(N)=NCCc2cccs2)o1. The van der Waals surface area contributed by atoms with E-state index in [9.17, 15) is 0 Å². The van der Waals surface area contributed by atoms with E-state index in [0.717, 1.165) is 46.6 Å². The van der Waals surface area contributed by atoms with Gasteiger partial charge in [0.05, 0.1) is 0 Å². The van der Waals surface area contributed by atoms with Gasteiger partial charge < -0.3 is 15.9 Å². The van der Waals surface area contributed by atoms with Crippen LogP contribution in [0.3, 0.4) is 0 Å². The number of rotatable bonds is 10. The van der Waals surface area contributed by atoms with E-state index in [1.54, 1.807) is 22.7 Å². The molecule has 37 heavy (non-hydrogen) atoms. The Morgan fingerprint density at radius 1 is 0.595 bits per heavy atom. The molecule has 0 radical (unpaired) electrons. The number of hydrogen-bond donors (Lipinski definition) is 2. The molecule has 0 aliphatic carbocycles. The predicted octanol–water partition coefficient (Wildman–Crippen LogP) is 6.63. The average molecular weight is 525 g/mol. The van der Waals surface area contributed by atoms with Crippen molar-refractivity contribution in [2.45, 2.75) is 12.8 Å². The van der Waals surface area contributed by atoms with Gasteiger partial charge in [-0.25, -0.2) is 0 Å². The molecule has 2 aromatic carbocycles. The number of amidine groups is 2. The number of hydrogen-bond acceptors (Lipinski definition) is 5. The topological polar surface area (TPSA) is 89.9 Å². The highest BCUT2D eigenvalue weighted by Crippen LogP contribution is 2.32. The zero-order chi connectivity index (χ0) is 25.5. The fourth-order valence-electron chi connectivity index (χ4n) is 4.12. The maximum absolute atomic E-state index is 6.42. The summed E-state index contributed by atoms with van der Waals surface area (Å²) in [6.07, 6.45) is 1.75. The van der Waals surface area contributed by atoms with Crippen LogP contribution in [0.2, 0.25) is 0 Å². The van der Waals surface area contributed by atoms with Gasteiger partial charge in [0.2, 0.25) is 0 Å². The second kappa shape index (κ2) is 11.9. The Hall–Kier alpha value is -3.94. The highest BCUT2D eigenvalue weighted by molar-refractivity contribution is 7.10. The number of nitrogens with two attached hydrogens (primary N) is 2. The molecule has 4 N–H and O–H groups in total. The molecule has 3 heterocycles. The quantitative estimate of drug-likeness (QED) is 0.159. The maximum atomic E-state index is 6.42. The minimum absolute atomic E-state index is 0.507. The van der Waals surface area contributed by atoms with E-state index in [1.807, 2.05) is 60.7 Å². The molecule has 0 fully saturated rings. The molecular formula is C30H28N4OS2. The lowest BCUT2D eigenvalue weighted by Gasteiger charge is -2.09. The van der Waals surface area contributed by atoms with E-state index >= 15 is 0 Å². The zero-order valence-electron chi connectivity index (χ0n) is 20.3. The summed E-state index contributed by atoms with van der Waals surface area (Å²) in [6.45, 7) is 1.28. The smallest absolute Gasteiger partial charge is 0.135 e. The van der Waals surface area contributed by atoms with Crippen LogP contribution < -0.4 is 11.5 Å². The van der Waals surface area contributed by atoms with Gasteiger partial charge in [-0.3, -0.25) is 9.98 Å². The molecule has 5 aromatic rings. The van der Waals surface area contributed by atoms with Crippen molar-refractivity contribution in [3.63, 3.8) is 0 Å². The van der Waals surface area contributed by atoms with Gasteiger partial charge in [0.15, 0.2) is 0 Å². The molecule has 5 rings (SSSR count). The second-order valence-electron chi connectivity index (χ2n) is 8.45. The number of benzene rings is 2. The van der Waals surface area contributed by atoms with Crippen LogP contribution in [0, 0.1) is 0 Å². The Kier molecular flexibility index (Phi) is 7.93. The molecule has 0 spiro atoms. The third kappa shape index (κ3) is 6.07. The van der Waals surface area contributed by atoms with Crippen LogP contribution in [0.5, 0.6) is 0 Å². The van der Waals surface area contributed by atoms with E-state index in [2.05, 4.69) is 45.0 Å². The fraction of sp³-hybridized carbons (Fsp3) is 0.133. The number of nitrogens with zero attached hydrogens (tertiary/aromatic N) is 2. The first-order valence-corrected chi connectivity index (χ1v) is 13.9. The van der Waals surface area contributed by atoms with Gasteiger partial charge in [0.25, 0.3) is 0 Å². The fourth-order valence-corrected chi connectivity index (χ4v) is 5.52. The molecule has 0 saturated heterocycles. The molecule has 5 nitrogen and oxygen atoms in total. The van der Waals surface area contributed by atoms with Gasteiger partial charge in [-0.15, -0.1) is 22.7 Å². The van der Waals surface area contributed by atoms with Crippen LogP contribution in [0.1, 0.15) is 20.9 Å². The van der Waals surface area contributed by atoms with Crippen molar-refractivity contribution in [2.75, 3.05) is 13.1 Å². The van der Waals surface area contributed by atoms with Crippen LogP contribution in [0.4, 0.5) is 0 Å². The normalized spacial score (nSPS) is 12.2. The summed E-state index contributed by atoms with van der Waals surface area (Å²) in [5, 5.41) is 4.16. The number of furan rings is 1. The Morgan fingerprint density at radius 3 is 1.49 bits per heavy atom. The predicted molar refractivity (Wildman–Crippen MR) is 157 cm³/mol. The molecule has 0 atom stereocenters. The van der Waals surface area contributed by atoms with E-state index in [-0.39, 0.29) is 0 Å². The van der Waals surface area contributed by atoms with E-state index in [4.69, 9.17) is 15.9 Å². The Bertz CT molecular complexity index is 1390. The minimum atomic E-state index is 0.507. The van der Waals surface area contributed by atoms with E-state index in [0.29, 0.717) is 24.8 Å². The number of aliphatic imine (C=N–C) groups is 2. The molecular weight excluding hydrogens is 496 g/mol. The molecule has 7 heteroatoms. The van der Waals surface area contributed by atoms with Gasteiger partial charge in [0.1, 0.15) is 23.2 Å². The van der Waals surface area contributed by atoms with Crippen molar-refractivity contribution in [3.05, 3.63) is 117 Å². The van der Waals surface area contributed by atoms with Gasteiger partial charge in [-0.1, -0.05) is 60.7 Å². The van der Waals surface area contributed by atoms with Crippen molar-refractivity contribution in [1.29, 1.82) is 0 Å². The lowest BCUT2D eigenvalue weighted by molar-refractivity contribution is 0.597. The molecule has 0 saturated carbocycles. The second-order valence-corrected chi connectivity index (χ2v) is 10.5. The van der Waals surface area contributed by atoms with Crippen molar-refractivity contribution in [2.24, 2.45) is 21.5 Å². The van der Waals surface area contributed by atoms with E-state index in [1.165, 1.54) is 9.75 Å². The van der Waals surface area contributed by atoms with Crippen molar-refractivity contribution < 1.29 is 4.42 Å². The third-order valence-corrected chi connectivity index (χ3v) is 7.86. The molecule has 0 aliphatic rings. The lowest BCUT2D eigenvalue weighted by atomic mass is 10.0. The first-order valence-electron chi connectivity index (χ1n) is 12.1. The van der Waals surface area contributed by atoms with Crippen LogP contribution >= 0.6 is 22.7 Å². The summed E-state index contributed by atoms with van der Waals surface area (Å²) in [6, 6.07) is 28.1. The van der Waals surface area contributed by atoms with Crippen molar-refractivity contribution in [1.82, 2.24) is 0 Å². The molecule has 3 aromatic heterocycles. The van der Waals surface area contributed by atoms with E-state index < -0.39 is 0 Å². The summed E-state index contributed by atoms with van der Waals surface area (Å²) >= 11 is 3.47. The summed E-state index contributed by atoms with van der Waals surface area (Å²) in [5.74, 6) is 2.47. The largest absolute Gasteiger partial charge is 0.456 e. The summed E-state index contributed by atoms with van der Waals surface area (Å²) in [7, 11) is 0. The molecule has 0 unspecified atom stereocenters. The van der Waals surface area contributed by atoms with Gasteiger partial charge in [-0.05, 0) is 35.0 Å². The van der Waals surface area contributed by atoms with Gasteiger partial charge >= 0.3 is 0 Å². The molecule has 0 amide bonds. The Labute approximate surface area is 224 Å². The van der Waals surface area contributed by atoms with Crippen LogP contribution in [-0.2, 0) is 12.8 Å². The molecule has 0 bridgehead atoms. The monoisotopic (exact) mass is 524 g/mol. The highest BCUT2D eigenvalue weighted by atomic mass is 32.1. The first-order chi connectivity index (χ1) is 18.2. The minimum Gasteiger partial charge on any atom is -0.456 e. The van der Waals surface area contributed by atoms with Crippen molar-refractivity contribution >= 4 is 34.3 Å².